The van der Waals surface area contributed by atoms with Crippen LogP contribution in [0.15, 0.2) is 42.9 Å². The third-order valence-corrected chi connectivity index (χ3v) is 7.85. The Morgan fingerprint density at radius 3 is 2.60 bits per heavy atom. The number of aromatic nitrogens is 4. The summed E-state index contributed by atoms with van der Waals surface area (Å²) in [5.41, 5.74) is 5.87. The first-order valence-corrected chi connectivity index (χ1v) is 14.0. The van der Waals surface area contributed by atoms with Crippen molar-refractivity contribution in [3.63, 3.8) is 0 Å². The molecule has 2 aliphatic rings. The molecular formula is C29H24ClF5N6O4. The van der Waals surface area contributed by atoms with Gasteiger partial charge in [0.2, 0.25) is 0 Å². The summed E-state index contributed by atoms with van der Waals surface area (Å²) in [6, 6.07) is 4.71. The molecule has 2 amide bonds. The Balaban J connectivity index is 1.54. The molecule has 45 heavy (non-hydrogen) atoms. The van der Waals surface area contributed by atoms with Crippen molar-refractivity contribution < 1.29 is 41.0 Å². The topological polar surface area (TPSA) is 125 Å². The quantitative estimate of drug-likeness (QED) is 0.238. The molecule has 0 radical (unpaired) electrons. The second-order valence-electron chi connectivity index (χ2n) is 10.8. The average molecular weight is 651 g/mol. The number of primary amides is 1. The molecule has 1 saturated carbocycles. The minimum absolute atomic E-state index is 0.00206. The van der Waals surface area contributed by atoms with E-state index < -0.39 is 42.5 Å². The summed E-state index contributed by atoms with van der Waals surface area (Å²) in [6.45, 7) is -1.09. The number of ether oxygens (including phenoxy) is 2. The summed E-state index contributed by atoms with van der Waals surface area (Å²) in [4.78, 5) is 39.1. The van der Waals surface area contributed by atoms with E-state index in [9.17, 15) is 31.5 Å². The summed E-state index contributed by atoms with van der Waals surface area (Å²) in [6.07, 6.45) is -4.86. The highest BCUT2D eigenvalue weighted by Gasteiger charge is 2.51. The first kappa shape index (κ1) is 30.6. The SMILES string of the molecule is COCC(n1cnc2c(-c3ccc4c(c3)OC(F)(F)C(=O)N4Cc3ccc(Cl)cn3)c(C(N)=O)c(CC3CC3)nc21)C(F)(F)F. The van der Waals surface area contributed by atoms with Crippen LogP contribution in [0.2, 0.25) is 5.02 Å². The number of alkyl halides is 5. The average Bonchev–Trinajstić information content (AvgIpc) is 3.69. The largest absolute Gasteiger partial charge is 0.482 e. The van der Waals surface area contributed by atoms with Crippen molar-refractivity contribution in [3.05, 3.63) is 64.8 Å². The van der Waals surface area contributed by atoms with Crippen LogP contribution in [0, 0.1) is 5.92 Å². The van der Waals surface area contributed by atoms with E-state index in [1.54, 1.807) is 0 Å². The Kier molecular flexibility index (Phi) is 7.64. The summed E-state index contributed by atoms with van der Waals surface area (Å²) < 4.78 is 82.6. The van der Waals surface area contributed by atoms with Gasteiger partial charge in [-0.15, -0.1) is 0 Å². The molecule has 0 spiro atoms. The van der Waals surface area contributed by atoms with Crippen molar-refractivity contribution in [1.29, 1.82) is 0 Å². The van der Waals surface area contributed by atoms with Crippen molar-refractivity contribution in [2.75, 3.05) is 18.6 Å². The lowest BCUT2D eigenvalue weighted by Gasteiger charge is -2.33. The number of benzene rings is 1. The van der Waals surface area contributed by atoms with Crippen LogP contribution in [-0.2, 0) is 22.5 Å². The number of methoxy groups -OCH3 is 1. The van der Waals surface area contributed by atoms with Crippen molar-refractivity contribution >= 4 is 40.3 Å². The van der Waals surface area contributed by atoms with Gasteiger partial charge >= 0.3 is 18.2 Å². The molecule has 236 valence electrons. The van der Waals surface area contributed by atoms with Gasteiger partial charge in [0.15, 0.2) is 17.4 Å². The third kappa shape index (κ3) is 5.77. The predicted octanol–water partition coefficient (Wildman–Crippen LogP) is 5.47. The molecule has 1 atom stereocenters. The van der Waals surface area contributed by atoms with E-state index in [0.29, 0.717) is 5.02 Å². The standard InChI is InChI=1S/C29H24ClF5N6O4/c1-44-12-21(28(31,32)33)41-13-38-24-22(23(25(36)42)18(39-26(24)41)8-14-2-3-14)15-4-7-19-20(9-15)45-29(34,35)27(43)40(19)11-17-6-5-16(30)10-37-17/h4-7,9-10,13-14,21H,2-3,8,11-12H2,1H3,(H2,36,42). The number of pyridine rings is 2. The molecule has 4 heterocycles. The van der Waals surface area contributed by atoms with E-state index in [-0.39, 0.29) is 63.8 Å². The fourth-order valence-corrected chi connectivity index (χ4v) is 5.45. The highest BCUT2D eigenvalue weighted by atomic mass is 35.5. The number of nitrogens with zero attached hydrogens (tertiary/aromatic N) is 5. The molecule has 1 aliphatic heterocycles. The molecule has 1 unspecified atom stereocenters. The smallest absolute Gasteiger partial charge is 0.423 e. The zero-order chi connectivity index (χ0) is 32.3. The van der Waals surface area contributed by atoms with E-state index in [0.717, 1.165) is 41.8 Å². The molecule has 2 N–H and O–H groups in total. The zero-order valence-corrected chi connectivity index (χ0v) is 24.2. The number of fused-ring (bicyclic) bond motifs is 2. The second kappa shape index (κ2) is 11.2. The minimum atomic E-state index is -4.75. The molecule has 1 aromatic carbocycles. The van der Waals surface area contributed by atoms with Crippen LogP contribution >= 0.6 is 11.6 Å². The molecule has 1 fully saturated rings. The van der Waals surface area contributed by atoms with Crippen LogP contribution in [0.5, 0.6) is 5.75 Å². The Labute approximate surface area is 256 Å². The van der Waals surface area contributed by atoms with E-state index in [1.807, 2.05) is 0 Å². The molecule has 4 aromatic rings. The van der Waals surface area contributed by atoms with E-state index >= 15 is 0 Å². The molecule has 6 rings (SSSR count). The van der Waals surface area contributed by atoms with Gasteiger partial charge in [0, 0.05) is 18.9 Å². The van der Waals surface area contributed by atoms with Gasteiger partial charge in [-0.3, -0.25) is 19.5 Å². The minimum Gasteiger partial charge on any atom is -0.423 e. The van der Waals surface area contributed by atoms with Crippen molar-refractivity contribution in [2.45, 2.75) is 44.1 Å². The molecule has 1 aliphatic carbocycles. The van der Waals surface area contributed by atoms with E-state index in [4.69, 9.17) is 26.8 Å². The Morgan fingerprint density at radius 2 is 1.98 bits per heavy atom. The summed E-state index contributed by atoms with van der Waals surface area (Å²) in [5, 5.41) is 0.309. The fraction of sp³-hybridized carbons (Fsp3) is 0.345. The third-order valence-electron chi connectivity index (χ3n) is 7.63. The van der Waals surface area contributed by atoms with Gasteiger partial charge in [-0.2, -0.15) is 22.0 Å². The van der Waals surface area contributed by atoms with Crippen molar-refractivity contribution in [1.82, 2.24) is 19.5 Å². The zero-order valence-electron chi connectivity index (χ0n) is 23.4. The Bertz CT molecular complexity index is 1810. The van der Waals surface area contributed by atoms with Crippen molar-refractivity contribution in [3.8, 4) is 16.9 Å². The van der Waals surface area contributed by atoms with Gasteiger partial charge in [0.1, 0.15) is 5.52 Å². The lowest BCUT2D eigenvalue weighted by molar-refractivity contribution is -0.193. The summed E-state index contributed by atoms with van der Waals surface area (Å²) >= 11 is 5.87. The Hall–Kier alpha value is -4.37. The maximum atomic E-state index is 14.9. The van der Waals surface area contributed by atoms with Crippen LogP contribution in [0.1, 0.15) is 40.6 Å². The summed E-state index contributed by atoms with van der Waals surface area (Å²) in [7, 11) is 1.13. The second-order valence-corrected chi connectivity index (χ2v) is 11.3. The monoisotopic (exact) mass is 650 g/mol. The van der Waals surface area contributed by atoms with E-state index in [1.165, 1.54) is 30.5 Å². The number of nitrogens with two attached hydrogens (primary N) is 1. The van der Waals surface area contributed by atoms with Gasteiger partial charge in [0.05, 0.1) is 47.1 Å². The number of carbonyl (C=O) groups excluding carboxylic acids is 2. The van der Waals surface area contributed by atoms with Crippen LogP contribution in [0.4, 0.5) is 27.6 Å². The highest BCUT2D eigenvalue weighted by Crippen LogP contribution is 2.45. The first-order chi connectivity index (χ1) is 21.3. The first-order valence-electron chi connectivity index (χ1n) is 13.7. The lowest BCUT2D eigenvalue weighted by Crippen LogP contribution is -2.50. The fourth-order valence-electron chi connectivity index (χ4n) is 5.34. The number of amides is 2. The normalized spacial score (nSPS) is 16.9. The number of halogens is 6. The van der Waals surface area contributed by atoms with E-state index in [2.05, 4.69) is 15.0 Å². The number of anilines is 1. The van der Waals surface area contributed by atoms with Gasteiger partial charge in [-0.1, -0.05) is 17.7 Å². The number of hydrogen-bond acceptors (Lipinski definition) is 7. The van der Waals surface area contributed by atoms with Crippen LogP contribution in [0.25, 0.3) is 22.3 Å². The van der Waals surface area contributed by atoms with Crippen LogP contribution in [-0.4, -0.2) is 57.3 Å². The predicted molar refractivity (Wildman–Crippen MR) is 151 cm³/mol. The van der Waals surface area contributed by atoms with Gasteiger partial charge in [-0.25, -0.2) is 9.97 Å². The van der Waals surface area contributed by atoms with Crippen molar-refractivity contribution in [2.24, 2.45) is 11.7 Å². The lowest BCUT2D eigenvalue weighted by atomic mass is 9.94. The number of hydrogen-bond donors (Lipinski definition) is 1. The number of rotatable bonds is 9. The van der Waals surface area contributed by atoms with Gasteiger partial charge in [-0.05, 0) is 55.0 Å². The van der Waals surface area contributed by atoms with Gasteiger partial charge in [0.25, 0.3) is 5.91 Å². The van der Waals surface area contributed by atoms with Crippen LogP contribution < -0.4 is 15.4 Å². The molecule has 0 bridgehead atoms. The molecule has 16 heteroatoms. The summed E-state index contributed by atoms with van der Waals surface area (Å²) in [5.74, 6) is -2.85. The van der Waals surface area contributed by atoms with Crippen LogP contribution in [0.3, 0.4) is 0 Å². The maximum absolute atomic E-state index is 14.9. The van der Waals surface area contributed by atoms with Gasteiger partial charge < -0.3 is 19.8 Å². The Morgan fingerprint density at radius 1 is 1.22 bits per heavy atom. The number of imidazole rings is 1. The molecule has 0 saturated heterocycles. The molecule has 3 aromatic heterocycles. The number of carbonyl (C=O) groups is 2. The molecular weight excluding hydrogens is 627 g/mol. The maximum Gasteiger partial charge on any atom is 0.482 e. The molecule has 10 nitrogen and oxygen atoms in total. The highest BCUT2D eigenvalue weighted by molar-refractivity contribution is 6.30.